The second kappa shape index (κ2) is 6.21. The van der Waals surface area contributed by atoms with Crippen LogP contribution in [-0.4, -0.2) is 24.7 Å². The summed E-state index contributed by atoms with van der Waals surface area (Å²) in [5, 5.41) is 3.42. The van der Waals surface area contributed by atoms with Crippen LogP contribution in [0, 0.1) is 12.8 Å². The summed E-state index contributed by atoms with van der Waals surface area (Å²) in [6.45, 7) is 7.08. The molecule has 1 aromatic rings. The number of aromatic nitrogens is 1. The Morgan fingerprint density at radius 3 is 2.69 bits per heavy atom. The van der Waals surface area contributed by atoms with Crippen LogP contribution in [0.25, 0.3) is 0 Å². The van der Waals surface area contributed by atoms with Gasteiger partial charge in [0.05, 0.1) is 12.6 Å². The van der Waals surface area contributed by atoms with Gasteiger partial charge in [0.25, 0.3) is 0 Å². The van der Waals surface area contributed by atoms with E-state index in [2.05, 4.69) is 46.1 Å². The Kier molecular flexibility index (Phi) is 5.22. The number of methoxy groups -OCH3 is 1. The Morgan fingerprint density at radius 1 is 1.50 bits per heavy atom. The molecule has 1 unspecified atom stereocenters. The molecule has 1 heterocycles. The SMILES string of the molecule is COCC(Nc1ncc(Br)cc1C)C(C)C. The predicted octanol–water partition coefficient (Wildman–Crippen LogP) is 3.24. The van der Waals surface area contributed by atoms with Crippen molar-refractivity contribution < 1.29 is 4.74 Å². The molecular weight excluding hydrogens is 268 g/mol. The summed E-state index contributed by atoms with van der Waals surface area (Å²) in [6, 6.07) is 2.34. The first-order valence-electron chi connectivity index (χ1n) is 5.42. The van der Waals surface area contributed by atoms with Gasteiger partial charge in [-0.05, 0) is 40.4 Å². The Labute approximate surface area is 106 Å². The molecule has 0 saturated heterocycles. The van der Waals surface area contributed by atoms with E-state index in [1.165, 1.54) is 0 Å². The number of nitrogens with one attached hydrogen (secondary N) is 1. The molecule has 0 bridgehead atoms. The molecular formula is C12H19BrN2O. The van der Waals surface area contributed by atoms with Gasteiger partial charge in [-0.1, -0.05) is 13.8 Å². The summed E-state index contributed by atoms with van der Waals surface area (Å²) in [5.41, 5.74) is 1.14. The maximum Gasteiger partial charge on any atom is 0.129 e. The summed E-state index contributed by atoms with van der Waals surface area (Å²) >= 11 is 3.41. The lowest BCUT2D eigenvalue weighted by Crippen LogP contribution is -2.31. The number of ether oxygens (including phenoxy) is 1. The summed E-state index contributed by atoms with van der Waals surface area (Å²) in [6.07, 6.45) is 1.81. The first-order chi connectivity index (χ1) is 7.54. The molecule has 90 valence electrons. The van der Waals surface area contributed by atoms with Crippen LogP contribution >= 0.6 is 15.9 Å². The Balaban J connectivity index is 2.77. The molecule has 0 aliphatic heterocycles. The largest absolute Gasteiger partial charge is 0.383 e. The first kappa shape index (κ1) is 13.5. The topological polar surface area (TPSA) is 34.1 Å². The Morgan fingerprint density at radius 2 is 2.19 bits per heavy atom. The molecule has 0 aliphatic carbocycles. The molecule has 0 aromatic carbocycles. The van der Waals surface area contributed by atoms with E-state index in [1.807, 2.05) is 6.92 Å². The van der Waals surface area contributed by atoms with E-state index in [9.17, 15) is 0 Å². The second-order valence-corrected chi connectivity index (χ2v) is 5.18. The summed E-state index contributed by atoms with van der Waals surface area (Å²) in [5.74, 6) is 1.43. The molecule has 4 heteroatoms. The van der Waals surface area contributed by atoms with Gasteiger partial charge in [0.15, 0.2) is 0 Å². The predicted molar refractivity (Wildman–Crippen MR) is 70.8 cm³/mol. The maximum atomic E-state index is 5.20. The molecule has 0 aliphatic rings. The number of nitrogens with zero attached hydrogens (tertiary/aromatic N) is 1. The van der Waals surface area contributed by atoms with Crippen molar-refractivity contribution in [2.24, 2.45) is 5.92 Å². The zero-order chi connectivity index (χ0) is 12.1. The fraction of sp³-hybridized carbons (Fsp3) is 0.583. The van der Waals surface area contributed by atoms with Crippen LogP contribution in [-0.2, 0) is 4.74 Å². The molecule has 0 amide bonds. The number of pyridine rings is 1. The van der Waals surface area contributed by atoms with Crippen molar-refractivity contribution in [3.63, 3.8) is 0 Å². The fourth-order valence-electron chi connectivity index (χ4n) is 1.45. The molecule has 0 spiro atoms. The van der Waals surface area contributed by atoms with Gasteiger partial charge >= 0.3 is 0 Å². The van der Waals surface area contributed by atoms with Gasteiger partial charge in [-0.3, -0.25) is 0 Å². The van der Waals surface area contributed by atoms with Gasteiger partial charge in [0.2, 0.25) is 0 Å². The van der Waals surface area contributed by atoms with E-state index in [1.54, 1.807) is 13.3 Å². The minimum atomic E-state index is 0.289. The van der Waals surface area contributed by atoms with Crippen LogP contribution in [0.3, 0.4) is 0 Å². The number of hydrogen-bond acceptors (Lipinski definition) is 3. The number of rotatable bonds is 5. The first-order valence-corrected chi connectivity index (χ1v) is 6.21. The summed E-state index contributed by atoms with van der Waals surface area (Å²) < 4.78 is 6.20. The van der Waals surface area contributed by atoms with Crippen molar-refractivity contribution in [1.29, 1.82) is 0 Å². The molecule has 1 rings (SSSR count). The van der Waals surface area contributed by atoms with Crippen molar-refractivity contribution in [2.45, 2.75) is 26.8 Å². The van der Waals surface area contributed by atoms with Crippen LogP contribution in [0.15, 0.2) is 16.7 Å². The van der Waals surface area contributed by atoms with Gasteiger partial charge in [-0.2, -0.15) is 0 Å². The quantitative estimate of drug-likeness (QED) is 0.902. The molecule has 1 atom stereocenters. The van der Waals surface area contributed by atoms with Crippen molar-refractivity contribution in [1.82, 2.24) is 4.98 Å². The highest BCUT2D eigenvalue weighted by molar-refractivity contribution is 9.10. The van der Waals surface area contributed by atoms with Gasteiger partial charge in [0.1, 0.15) is 5.82 Å². The highest BCUT2D eigenvalue weighted by Gasteiger charge is 2.14. The van der Waals surface area contributed by atoms with Gasteiger partial charge in [-0.25, -0.2) is 4.98 Å². The average Bonchev–Trinajstić information content (AvgIpc) is 2.20. The Hall–Kier alpha value is -0.610. The van der Waals surface area contributed by atoms with E-state index < -0.39 is 0 Å². The normalized spacial score (nSPS) is 12.9. The van der Waals surface area contributed by atoms with Crippen molar-refractivity contribution in [2.75, 3.05) is 19.0 Å². The molecule has 0 radical (unpaired) electrons. The van der Waals surface area contributed by atoms with Crippen LogP contribution in [0.5, 0.6) is 0 Å². The minimum Gasteiger partial charge on any atom is -0.383 e. The third kappa shape index (κ3) is 3.76. The van der Waals surface area contributed by atoms with Crippen molar-refractivity contribution in [3.8, 4) is 0 Å². The molecule has 0 saturated carbocycles. The molecule has 1 aromatic heterocycles. The zero-order valence-electron chi connectivity index (χ0n) is 10.2. The highest BCUT2D eigenvalue weighted by Crippen LogP contribution is 2.19. The number of anilines is 1. The lowest BCUT2D eigenvalue weighted by Gasteiger charge is -2.23. The molecule has 0 fully saturated rings. The van der Waals surface area contributed by atoms with E-state index in [4.69, 9.17) is 4.74 Å². The average molecular weight is 287 g/mol. The van der Waals surface area contributed by atoms with Crippen LogP contribution in [0.4, 0.5) is 5.82 Å². The zero-order valence-corrected chi connectivity index (χ0v) is 11.8. The third-order valence-electron chi connectivity index (χ3n) is 2.52. The molecule has 1 N–H and O–H groups in total. The monoisotopic (exact) mass is 286 g/mol. The van der Waals surface area contributed by atoms with E-state index in [-0.39, 0.29) is 6.04 Å². The van der Waals surface area contributed by atoms with Gasteiger partial charge in [0, 0.05) is 17.8 Å². The van der Waals surface area contributed by atoms with Crippen LogP contribution < -0.4 is 5.32 Å². The Bertz CT molecular complexity index is 342. The summed E-state index contributed by atoms with van der Waals surface area (Å²) in [7, 11) is 1.72. The van der Waals surface area contributed by atoms with E-state index in [0.29, 0.717) is 12.5 Å². The third-order valence-corrected chi connectivity index (χ3v) is 2.95. The number of aryl methyl sites for hydroxylation is 1. The second-order valence-electron chi connectivity index (χ2n) is 4.27. The fourth-order valence-corrected chi connectivity index (χ4v) is 1.89. The number of hydrogen-bond donors (Lipinski definition) is 1. The smallest absolute Gasteiger partial charge is 0.129 e. The summed E-state index contributed by atoms with van der Waals surface area (Å²) in [4.78, 5) is 4.37. The van der Waals surface area contributed by atoms with Crippen LogP contribution in [0.1, 0.15) is 19.4 Å². The van der Waals surface area contributed by atoms with Gasteiger partial charge < -0.3 is 10.1 Å². The minimum absolute atomic E-state index is 0.289. The lowest BCUT2D eigenvalue weighted by atomic mass is 10.1. The van der Waals surface area contributed by atoms with E-state index >= 15 is 0 Å². The highest BCUT2D eigenvalue weighted by atomic mass is 79.9. The van der Waals surface area contributed by atoms with Crippen molar-refractivity contribution >= 4 is 21.7 Å². The van der Waals surface area contributed by atoms with Crippen molar-refractivity contribution in [3.05, 3.63) is 22.3 Å². The van der Waals surface area contributed by atoms with E-state index in [0.717, 1.165) is 15.9 Å². The molecule has 16 heavy (non-hydrogen) atoms. The maximum absolute atomic E-state index is 5.20. The standard InChI is InChI=1S/C12H19BrN2O/c1-8(2)11(7-16-4)15-12-9(3)5-10(13)6-14-12/h5-6,8,11H,7H2,1-4H3,(H,14,15). The van der Waals surface area contributed by atoms with Gasteiger partial charge in [-0.15, -0.1) is 0 Å². The molecule has 3 nitrogen and oxygen atoms in total. The lowest BCUT2D eigenvalue weighted by molar-refractivity contribution is 0.171. The number of halogens is 1. The van der Waals surface area contributed by atoms with Crippen LogP contribution in [0.2, 0.25) is 0 Å².